The SMILES string of the molecule is COc1cc(/C=C2\SC(=O)N(CCOc3ccc(Cl)cc3)C2=O)cc(I)c1OCc1ccccc1Cl. The maximum atomic E-state index is 12.9. The number of thioether (sulfide) groups is 1. The van der Waals surface area contributed by atoms with Crippen molar-refractivity contribution in [2.24, 2.45) is 0 Å². The van der Waals surface area contributed by atoms with Gasteiger partial charge >= 0.3 is 0 Å². The minimum atomic E-state index is -0.363. The number of hydrogen-bond donors (Lipinski definition) is 0. The van der Waals surface area contributed by atoms with E-state index in [1.54, 1.807) is 43.5 Å². The molecule has 0 atom stereocenters. The van der Waals surface area contributed by atoms with E-state index in [0.717, 1.165) is 20.9 Å². The van der Waals surface area contributed by atoms with E-state index in [1.165, 1.54) is 4.90 Å². The first kappa shape index (κ1) is 26.7. The minimum absolute atomic E-state index is 0.139. The third-order valence-electron chi connectivity index (χ3n) is 5.15. The fourth-order valence-electron chi connectivity index (χ4n) is 3.36. The van der Waals surface area contributed by atoms with E-state index in [1.807, 2.05) is 30.3 Å². The number of methoxy groups -OCH3 is 1. The second-order valence-electron chi connectivity index (χ2n) is 7.55. The van der Waals surface area contributed by atoms with Crippen molar-refractivity contribution in [3.63, 3.8) is 0 Å². The predicted octanol–water partition coefficient (Wildman–Crippen LogP) is 7.30. The molecule has 2 amide bonds. The number of hydrogen-bond acceptors (Lipinski definition) is 6. The first-order chi connectivity index (χ1) is 17.4. The van der Waals surface area contributed by atoms with Crippen LogP contribution in [0.4, 0.5) is 4.79 Å². The van der Waals surface area contributed by atoms with Crippen LogP contribution in [0.5, 0.6) is 17.2 Å². The largest absolute Gasteiger partial charge is 0.493 e. The Morgan fingerprint density at radius 3 is 2.50 bits per heavy atom. The van der Waals surface area contributed by atoms with E-state index in [4.69, 9.17) is 37.4 Å². The Bertz CT molecular complexity index is 1320. The maximum absolute atomic E-state index is 12.9. The standard InChI is InChI=1S/C26H20Cl2INO5S/c1-33-22-13-16(12-21(29)24(22)35-15-17-4-2-3-5-20(17)28)14-23-25(31)30(26(32)36-23)10-11-34-19-8-6-18(27)7-9-19/h2-9,12-14H,10-11,15H2,1H3/b23-14-. The monoisotopic (exact) mass is 655 g/mol. The van der Waals surface area contributed by atoms with Crippen LogP contribution in [-0.4, -0.2) is 36.3 Å². The topological polar surface area (TPSA) is 65.1 Å². The van der Waals surface area contributed by atoms with Crippen LogP contribution in [0.2, 0.25) is 10.0 Å². The Morgan fingerprint density at radius 1 is 1.03 bits per heavy atom. The third-order valence-corrected chi connectivity index (χ3v) is 7.48. The van der Waals surface area contributed by atoms with Gasteiger partial charge in [-0.3, -0.25) is 14.5 Å². The van der Waals surface area contributed by atoms with Crippen molar-refractivity contribution in [2.45, 2.75) is 6.61 Å². The molecule has 1 saturated heterocycles. The molecule has 1 aliphatic heterocycles. The molecule has 10 heteroatoms. The summed E-state index contributed by atoms with van der Waals surface area (Å²) in [5.41, 5.74) is 1.57. The van der Waals surface area contributed by atoms with Gasteiger partial charge in [0.15, 0.2) is 11.5 Å². The average molecular weight is 656 g/mol. The van der Waals surface area contributed by atoms with E-state index in [2.05, 4.69) is 22.6 Å². The molecule has 1 heterocycles. The molecular weight excluding hydrogens is 636 g/mol. The molecular formula is C26H20Cl2INO5S. The lowest BCUT2D eigenvalue weighted by Crippen LogP contribution is -2.32. The van der Waals surface area contributed by atoms with E-state index < -0.39 is 0 Å². The summed E-state index contributed by atoms with van der Waals surface area (Å²) in [7, 11) is 1.55. The maximum Gasteiger partial charge on any atom is 0.293 e. The molecule has 3 aromatic rings. The van der Waals surface area contributed by atoms with Gasteiger partial charge in [-0.25, -0.2) is 0 Å². The van der Waals surface area contributed by atoms with Gasteiger partial charge < -0.3 is 14.2 Å². The third kappa shape index (κ3) is 6.47. The zero-order chi connectivity index (χ0) is 25.7. The van der Waals surface area contributed by atoms with Gasteiger partial charge in [0, 0.05) is 15.6 Å². The number of carbonyl (C=O) groups is 2. The summed E-state index contributed by atoms with van der Waals surface area (Å²) in [5.74, 6) is 1.33. The van der Waals surface area contributed by atoms with Crippen LogP contribution in [0.1, 0.15) is 11.1 Å². The number of benzene rings is 3. The molecule has 0 aromatic heterocycles. The second kappa shape index (κ2) is 12.2. The van der Waals surface area contributed by atoms with Gasteiger partial charge in [0.25, 0.3) is 11.1 Å². The number of rotatable bonds is 9. The highest BCUT2D eigenvalue weighted by molar-refractivity contribution is 14.1. The van der Waals surface area contributed by atoms with Gasteiger partial charge in [0.05, 0.1) is 22.1 Å². The summed E-state index contributed by atoms with van der Waals surface area (Å²) < 4.78 is 17.9. The van der Waals surface area contributed by atoms with Crippen molar-refractivity contribution < 1.29 is 23.8 Å². The second-order valence-corrected chi connectivity index (χ2v) is 10.5. The van der Waals surface area contributed by atoms with Gasteiger partial charge in [-0.05, 0) is 88.5 Å². The Balaban J connectivity index is 1.44. The Hall–Kier alpha value is -2.40. The molecule has 0 unspecified atom stereocenters. The first-order valence-corrected chi connectivity index (χ1v) is 13.4. The highest BCUT2D eigenvalue weighted by Crippen LogP contribution is 2.38. The predicted molar refractivity (Wildman–Crippen MR) is 151 cm³/mol. The number of ether oxygens (including phenoxy) is 3. The van der Waals surface area contributed by atoms with Gasteiger partial charge in [-0.15, -0.1) is 0 Å². The molecule has 0 spiro atoms. The molecule has 1 aliphatic rings. The van der Waals surface area contributed by atoms with Crippen molar-refractivity contribution in [3.8, 4) is 17.2 Å². The average Bonchev–Trinajstić information content (AvgIpc) is 3.12. The van der Waals surface area contributed by atoms with Crippen molar-refractivity contribution in [2.75, 3.05) is 20.3 Å². The van der Waals surface area contributed by atoms with E-state index in [-0.39, 0.29) is 30.9 Å². The molecule has 0 aliphatic carbocycles. The summed E-state index contributed by atoms with van der Waals surface area (Å²) in [4.78, 5) is 26.8. The Kier molecular flexibility index (Phi) is 9.05. The zero-order valence-corrected chi connectivity index (χ0v) is 23.5. The normalized spacial score (nSPS) is 14.4. The molecule has 0 N–H and O–H groups in total. The number of imide groups is 1. The Morgan fingerprint density at radius 2 is 1.78 bits per heavy atom. The smallest absolute Gasteiger partial charge is 0.293 e. The first-order valence-electron chi connectivity index (χ1n) is 10.7. The molecule has 6 nitrogen and oxygen atoms in total. The van der Waals surface area contributed by atoms with Crippen LogP contribution in [-0.2, 0) is 11.4 Å². The molecule has 186 valence electrons. The summed E-state index contributed by atoms with van der Waals surface area (Å²) in [6.07, 6.45) is 1.67. The number of amides is 2. The van der Waals surface area contributed by atoms with E-state index >= 15 is 0 Å². The fourth-order valence-corrected chi connectivity index (χ4v) is 5.32. The van der Waals surface area contributed by atoms with Crippen molar-refractivity contribution >= 4 is 74.8 Å². The minimum Gasteiger partial charge on any atom is -0.493 e. The van der Waals surface area contributed by atoms with E-state index in [9.17, 15) is 9.59 Å². The fraction of sp³-hybridized carbons (Fsp3) is 0.154. The quantitative estimate of drug-likeness (QED) is 0.178. The Labute approximate surface area is 236 Å². The lowest BCUT2D eigenvalue weighted by molar-refractivity contribution is -0.123. The highest BCUT2D eigenvalue weighted by atomic mass is 127. The molecule has 4 rings (SSSR count). The zero-order valence-electron chi connectivity index (χ0n) is 19.0. The van der Waals surface area contributed by atoms with E-state index in [0.29, 0.717) is 37.8 Å². The van der Waals surface area contributed by atoms with Gasteiger partial charge in [0.2, 0.25) is 0 Å². The number of nitrogens with zero attached hydrogens (tertiary/aromatic N) is 1. The lowest BCUT2D eigenvalue weighted by atomic mass is 10.1. The summed E-state index contributed by atoms with van der Waals surface area (Å²) >= 11 is 15.1. The molecule has 1 fully saturated rings. The van der Waals surface area contributed by atoms with Crippen LogP contribution in [0.3, 0.4) is 0 Å². The van der Waals surface area contributed by atoms with Crippen LogP contribution in [0.15, 0.2) is 65.6 Å². The summed E-state index contributed by atoms with van der Waals surface area (Å²) in [6.45, 7) is 0.596. The van der Waals surface area contributed by atoms with Crippen molar-refractivity contribution in [1.29, 1.82) is 0 Å². The van der Waals surface area contributed by atoms with Gasteiger partial charge in [0.1, 0.15) is 19.0 Å². The van der Waals surface area contributed by atoms with Crippen molar-refractivity contribution in [3.05, 3.63) is 90.3 Å². The number of halogens is 3. The van der Waals surface area contributed by atoms with Crippen LogP contribution < -0.4 is 14.2 Å². The molecule has 3 aromatic carbocycles. The summed E-state index contributed by atoms with van der Waals surface area (Å²) in [6, 6.07) is 18.0. The summed E-state index contributed by atoms with van der Waals surface area (Å²) in [5, 5.41) is 0.884. The molecule has 0 saturated carbocycles. The van der Waals surface area contributed by atoms with Crippen LogP contribution in [0.25, 0.3) is 6.08 Å². The highest BCUT2D eigenvalue weighted by Gasteiger charge is 2.35. The van der Waals surface area contributed by atoms with Crippen molar-refractivity contribution in [1.82, 2.24) is 4.90 Å². The van der Waals surface area contributed by atoms with Crippen LogP contribution in [0, 0.1) is 3.57 Å². The molecule has 36 heavy (non-hydrogen) atoms. The van der Waals surface area contributed by atoms with Gasteiger partial charge in [-0.2, -0.15) is 0 Å². The number of carbonyl (C=O) groups excluding carboxylic acids is 2. The molecule has 0 bridgehead atoms. The lowest BCUT2D eigenvalue weighted by Gasteiger charge is -2.14. The molecule has 0 radical (unpaired) electrons. The van der Waals surface area contributed by atoms with Gasteiger partial charge in [-0.1, -0.05) is 41.4 Å². The van der Waals surface area contributed by atoms with Crippen LogP contribution >= 0.6 is 57.6 Å².